The highest BCUT2D eigenvalue weighted by Crippen LogP contribution is 2.22. The molecule has 0 aromatic heterocycles. The maximum atomic E-state index is 5.57. The zero-order valence-electron chi connectivity index (χ0n) is 15.3. The summed E-state index contributed by atoms with van der Waals surface area (Å²) in [7, 11) is 0. The van der Waals surface area contributed by atoms with Crippen molar-refractivity contribution in [1.82, 2.24) is 0 Å². The first-order chi connectivity index (χ1) is 11.9. The van der Waals surface area contributed by atoms with E-state index in [4.69, 9.17) is 18.9 Å². The Kier molecular flexibility index (Phi) is 6.96. The van der Waals surface area contributed by atoms with Crippen molar-refractivity contribution in [2.24, 2.45) is 0 Å². The Balaban J connectivity index is 1.58. The van der Waals surface area contributed by atoms with E-state index in [2.05, 4.69) is 47.4 Å². The van der Waals surface area contributed by atoms with Crippen LogP contribution in [0.3, 0.4) is 0 Å². The van der Waals surface area contributed by atoms with Crippen LogP contribution in [0.15, 0.2) is 0 Å². The van der Waals surface area contributed by atoms with Crippen LogP contribution in [0.2, 0.25) is 0 Å². The van der Waals surface area contributed by atoms with Crippen molar-refractivity contribution >= 4 is 0 Å². The average Bonchev–Trinajstić information content (AvgIpc) is 3.06. The third-order valence-electron chi connectivity index (χ3n) is 3.39. The molecule has 4 nitrogen and oxygen atoms in total. The maximum Gasteiger partial charge on any atom is 0.164 e. The van der Waals surface area contributed by atoms with Gasteiger partial charge >= 0.3 is 0 Å². The molecule has 132 valence electrons. The van der Waals surface area contributed by atoms with E-state index >= 15 is 0 Å². The standard InChI is InChI=1S/C21H24O4/c1-20(2)22-16-18(24-20)14-12-10-8-6-5-7-9-11-13-15-19-17-23-21(3,4)25-19/h18-19H,5-7,16-17H2,1-4H3/t18-,19-/m0/s1. The van der Waals surface area contributed by atoms with Crippen molar-refractivity contribution in [3.63, 3.8) is 0 Å². The second-order valence-electron chi connectivity index (χ2n) is 6.63. The Hall–Kier alpha value is -1.92. The third kappa shape index (κ3) is 7.67. The fourth-order valence-corrected chi connectivity index (χ4v) is 2.23. The van der Waals surface area contributed by atoms with Gasteiger partial charge in [0.1, 0.15) is 12.2 Å². The van der Waals surface area contributed by atoms with Crippen LogP contribution in [0.25, 0.3) is 0 Å². The predicted molar refractivity (Wildman–Crippen MR) is 94.8 cm³/mol. The molecule has 0 aromatic rings. The lowest BCUT2D eigenvalue weighted by Gasteiger charge is -2.14. The van der Waals surface area contributed by atoms with Gasteiger partial charge in [-0.15, -0.1) is 0 Å². The molecule has 0 amide bonds. The highest BCUT2D eigenvalue weighted by atomic mass is 16.7. The summed E-state index contributed by atoms with van der Waals surface area (Å²) in [6.07, 6.45) is 2.05. The van der Waals surface area contributed by atoms with Gasteiger partial charge in [0.05, 0.1) is 13.2 Å². The number of hydrogen-bond donors (Lipinski definition) is 0. The molecule has 0 saturated carbocycles. The van der Waals surface area contributed by atoms with E-state index < -0.39 is 11.6 Å². The van der Waals surface area contributed by atoms with E-state index in [1.807, 2.05) is 27.7 Å². The summed E-state index contributed by atoms with van der Waals surface area (Å²) in [6.45, 7) is 8.49. The normalized spacial score (nSPS) is 25.3. The summed E-state index contributed by atoms with van der Waals surface area (Å²) >= 11 is 0. The van der Waals surface area contributed by atoms with Crippen LogP contribution in [0.1, 0.15) is 47.0 Å². The second kappa shape index (κ2) is 8.97. The van der Waals surface area contributed by atoms with Crippen LogP contribution in [-0.4, -0.2) is 37.0 Å². The van der Waals surface area contributed by atoms with Crippen molar-refractivity contribution in [1.29, 1.82) is 0 Å². The van der Waals surface area contributed by atoms with Gasteiger partial charge in [0.25, 0.3) is 0 Å². The molecule has 0 spiro atoms. The van der Waals surface area contributed by atoms with Crippen LogP contribution in [-0.2, 0) is 18.9 Å². The lowest BCUT2D eigenvalue weighted by atomic mass is 10.2. The first-order valence-electron chi connectivity index (χ1n) is 8.47. The summed E-state index contributed by atoms with van der Waals surface area (Å²) in [6, 6.07) is 0. The monoisotopic (exact) mass is 340 g/mol. The first kappa shape index (κ1) is 19.4. The van der Waals surface area contributed by atoms with Crippen molar-refractivity contribution in [2.45, 2.75) is 70.7 Å². The van der Waals surface area contributed by atoms with E-state index in [0.717, 1.165) is 19.3 Å². The van der Waals surface area contributed by atoms with Crippen LogP contribution in [0.5, 0.6) is 0 Å². The zero-order valence-corrected chi connectivity index (χ0v) is 15.3. The largest absolute Gasteiger partial charge is 0.347 e. The third-order valence-corrected chi connectivity index (χ3v) is 3.39. The summed E-state index contributed by atoms with van der Waals surface area (Å²) in [5, 5.41) is 0. The minimum Gasteiger partial charge on any atom is -0.347 e. The van der Waals surface area contributed by atoms with Crippen LogP contribution < -0.4 is 0 Å². The topological polar surface area (TPSA) is 36.9 Å². The van der Waals surface area contributed by atoms with E-state index in [1.54, 1.807) is 0 Å². The molecule has 2 rings (SSSR count). The van der Waals surface area contributed by atoms with Gasteiger partial charge < -0.3 is 18.9 Å². The molecule has 25 heavy (non-hydrogen) atoms. The van der Waals surface area contributed by atoms with E-state index in [-0.39, 0.29) is 12.2 Å². The smallest absolute Gasteiger partial charge is 0.164 e. The van der Waals surface area contributed by atoms with Crippen molar-refractivity contribution < 1.29 is 18.9 Å². The molecule has 2 aliphatic rings. The molecule has 0 radical (unpaired) electrons. The van der Waals surface area contributed by atoms with Gasteiger partial charge in [-0.2, -0.15) is 0 Å². The van der Waals surface area contributed by atoms with Gasteiger partial charge in [-0.05, 0) is 57.8 Å². The Labute approximate surface area is 150 Å². The molecule has 4 heteroatoms. The van der Waals surface area contributed by atoms with Crippen molar-refractivity contribution in [3.05, 3.63) is 0 Å². The molecule has 2 fully saturated rings. The number of hydrogen-bond acceptors (Lipinski definition) is 4. The SMILES string of the molecule is CC1(C)OC[C@H](C#CC#CCCCC#CC#C[C@H]2COC(C)(C)O2)O1. The van der Waals surface area contributed by atoms with Crippen molar-refractivity contribution in [3.8, 4) is 47.4 Å². The van der Waals surface area contributed by atoms with Crippen LogP contribution in [0, 0.1) is 47.4 Å². The molecule has 0 N–H and O–H groups in total. The first-order valence-corrected chi connectivity index (χ1v) is 8.47. The number of rotatable bonds is 2. The minimum atomic E-state index is -0.540. The highest BCUT2D eigenvalue weighted by Gasteiger charge is 2.32. The van der Waals surface area contributed by atoms with Gasteiger partial charge in [-0.25, -0.2) is 0 Å². The Bertz CT molecular complexity index is 642. The van der Waals surface area contributed by atoms with Gasteiger partial charge in [-0.3, -0.25) is 0 Å². The van der Waals surface area contributed by atoms with Gasteiger partial charge in [-0.1, -0.05) is 23.7 Å². The van der Waals surface area contributed by atoms with Crippen LogP contribution >= 0.6 is 0 Å². The molecular formula is C21H24O4. The lowest BCUT2D eigenvalue weighted by Crippen LogP contribution is -2.20. The molecule has 2 saturated heterocycles. The summed E-state index contributed by atoms with van der Waals surface area (Å²) in [4.78, 5) is 0. The zero-order chi connectivity index (χ0) is 18.2. The van der Waals surface area contributed by atoms with E-state index in [9.17, 15) is 0 Å². The molecule has 2 aliphatic heterocycles. The summed E-state index contributed by atoms with van der Waals surface area (Å²) < 4.78 is 22.0. The second-order valence-corrected chi connectivity index (χ2v) is 6.63. The van der Waals surface area contributed by atoms with Gasteiger partial charge in [0, 0.05) is 12.8 Å². The molecule has 0 aromatic carbocycles. The molecule has 0 bridgehead atoms. The molecule has 0 aliphatic carbocycles. The summed E-state index contributed by atoms with van der Waals surface area (Å²) in [5.41, 5.74) is 0. The minimum absolute atomic E-state index is 0.187. The quantitative estimate of drug-likeness (QED) is 0.572. The molecule has 2 atom stereocenters. The van der Waals surface area contributed by atoms with Gasteiger partial charge in [0.15, 0.2) is 11.6 Å². The highest BCUT2D eigenvalue weighted by molar-refractivity contribution is 5.29. The van der Waals surface area contributed by atoms with Gasteiger partial charge in [0.2, 0.25) is 0 Å². The molecule has 0 unspecified atom stereocenters. The summed E-state index contributed by atoms with van der Waals surface area (Å²) in [5.74, 6) is 22.1. The Morgan fingerprint density at radius 3 is 1.52 bits per heavy atom. The van der Waals surface area contributed by atoms with Crippen LogP contribution in [0.4, 0.5) is 0 Å². The number of unbranched alkanes of at least 4 members (excludes halogenated alkanes) is 2. The predicted octanol–water partition coefficient (Wildman–Crippen LogP) is 2.47. The van der Waals surface area contributed by atoms with Crippen molar-refractivity contribution in [2.75, 3.05) is 13.2 Å². The molecule has 2 heterocycles. The van der Waals surface area contributed by atoms with E-state index in [1.165, 1.54) is 0 Å². The Morgan fingerprint density at radius 1 is 0.720 bits per heavy atom. The average molecular weight is 340 g/mol. The fourth-order valence-electron chi connectivity index (χ4n) is 2.23. The maximum absolute atomic E-state index is 5.57. The molecular weight excluding hydrogens is 316 g/mol. The fraction of sp³-hybridized carbons (Fsp3) is 0.619. The van der Waals surface area contributed by atoms with E-state index in [0.29, 0.717) is 13.2 Å². The number of ether oxygens (including phenoxy) is 4. The lowest BCUT2D eigenvalue weighted by molar-refractivity contribution is -0.132. The Morgan fingerprint density at radius 2 is 1.16 bits per heavy atom.